The van der Waals surface area contributed by atoms with Gasteiger partial charge in [0.05, 0.1) is 15.9 Å². The zero-order chi connectivity index (χ0) is 13.3. The van der Waals surface area contributed by atoms with Crippen LogP contribution in [0.15, 0.2) is 28.9 Å². The molecule has 0 radical (unpaired) electrons. The molecule has 2 aromatic rings. The highest BCUT2D eigenvalue weighted by Crippen LogP contribution is 2.18. The number of aryl methyl sites for hydroxylation is 2. The van der Waals surface area contributed by atoms with Gasteiger partial charge in [-0.2, -0.15) is 5.10 Å². The molecule has 1 N–H and O–H groups in total. The SMILES string of the molecule is Cc1nn(C)cc1NC(=O)c1ccc(Br)c(F)c1. The number of aromatic nitrogens is 2. The number of benzene rings is 1. The third-order valence-corrected chi connectivity index (χ3v) is 3.09. The molecule has 0 aliphatic carbocycles. The fourth-order valence-corrected chi connectivity index (χ4v) is 1.80. The molecule has 1 aromatic carbocycles. The second-order valence-corrected chi connectivity index (χ2v) is 4.74. The molecule has 1 heterocycles. The molecule has 1 amide bonds. The molecule has 0 saturated heterocycles. The third-order valence-electron chi connectivity index (χ3n) is 2.44. The molecule has 0 atom stereocenters. The highest BCUT2D eigenvalue weighted by atomic mass is 79.9. The number of hydrogen-bond donors (Lipinski definition) is 1. The Labute approximate surface area is 112 Å². The van der Waals surface area contributed by atoms with Crippen LogP contribution in [0.3, 0.4) is 0 Å². The highest BCUT2D eigenvalue weighted by Gasteiger charge is 2.11. The van der Waals surface area contributed by atoms with Crippen molar-refractivity contribution in [1.82, 2.24) is 9.78 Å². The van der Waals surface area contributed by atoms with Crippen LogP contribution in [0.1, 0.15) is 16.1 Å². The van der Waals surface area contributed by atoms with E-state index in [1.165, 1.54) is 12.1 Å². The number of nitrogens with one attached hydrogen (secondary N) is 1. The van der Waals surface area contributed by atoms with E-state index in [-0.39, 0.29) is 11.5 Å². The second kappa shape index (κ2) is 4.89. The number of hydrogen-bond acceptors (Lipinski definition) is 2. The summed E-state index contributed by atoms with van der Waals surface area (Å²) in [6, 6.07) is 4.24. The van der Waals surface area contributed by atoms with Gasteiger partial charge in [-0.15, -0.1) is 0 Å². The Balaban J connectivity index is 2.22. The Hall–Kier alpha value is -1.69. The third kappa shape index (κ3) is 2.59. The van der Waals surface area contributed by atoms with Crippen molar-refractivity contribution >= 4 is 27.5 Å². The quantitative estimate of drug-likeness (QED) is 0.927. The van der Waals surface area contributed by atoms with Gasteiger partial charge in [-0.1, -0.05) is 0 Å². The number of carbonyl (C=O) groups excluding carboxylic acids is 1. The fourth-order valence-electron chi connectivity index (χ4n) is 1.55. The Morgan fingerprint density at radius 3 is 2.78 bits per heavy atom. The van der Waals surface area contributed by atoms with Crippen LogP contribution in [-0.2, 0) is 7.05 Å². The van der Waals surface area contributed by atoms with Crippen LogP contribution in [0.4, 0.5) is 10.1 Å². The zero-order valence-corrected chi connectivity index (χ0v) is 11.5. The first-order valence-corrected chi connectivity index (χ1v) is 6.03. The molecule has 0 saturated carbocycles. The summed E-state index contributed by atoms with van der Waals surface area (Å²) < 4.78 is 15.3. The zero-order valence-electron chi connectivity index (χ0n) is 9.87. The first-order valence-electron chi connectivity index (χ1n) is 5.24. The van der Waals surface area contributed by atoms with Crippen molar-refractivity contribution in [2.24, 2.45) is 7.05 Å². The summed E-state index contributed by atoms with van der Waals surface area (Å²) in [5.41, 5.74) is 1.59. The van der Waals surface area contributed by atoms with Crippen LogP contribution in [0, 0.1) is 12.7 Å². The Morgan fingerprint density at radius 1 is 1.50 bits per heavy atom. The summed E-state index contributed by atoms with van der Waals surface area (Å²) in [6.45, 7) is 1.79. The van der Waals surface area contributed by atoms with Crippen molar-refractivity contribution in [3.63, 3.8) is 0 Å². The summed E-state index contributed by atoms with van der Waals surface area (Å²) >= 11 is 3.04. The van der Waals surface area contributed by atoms with Crippen LogP contribution in [0.25, 0.3) is 0 Å². The van der Waals surface area contributed by atoms with E-state index in [9.17, 15) is 9.18 Å². The number of rotatable bonds is 2. The number of amides is 1. The molecule has 4 nitrogen and oxygen atoms in total. The monoisotopic (exact) mass is 311 g/mol. The summed E-state index contributed by atoms with van der Waals surface area (Å²) in [6.07, 6.45) is 1.70. The van der Waals surface area contributed by atoms with Crippen LogP contribution < -0.4 is 5.32 Å². The minimum atomic E-state index is -0.467. The van der Waals surface area contributed by atoms with E-state index in [0.29, 0.717) is 15.9 Å². The lowest BCUT2D eigenvalue weighted by atomic mass is 10.2. The predicted octanol–water partition coefficient (Wildman–Crippen LogP) is 2.88. The largest absolute Gasteiger partial charge is 0.319 e. The standard InChI is InChI=1S/C12H11BrFN3O/c1-7-11(6-17(2)16-7)15-12(18)8-3-4-9(13)10(14)5-8/h3-6H,1-2H3,(H,15,18). The lowest BCUT2D eigenvalue weighted by Crippen LogP contribution is -2.12. The van der Waals surface area contributed by atoms with Gasteiger partial charge in [-0.25, -0.2) is 4.39 Å². The van der Waals surface area contributed by atoms with Crippen LogP contribution >= 0.6 is 15.9 Å². The second-order valence-electron chi connectivity index (χ2n) is 3.88. The van der Waals surface area contributed by atoms with E-state index in [1.807, 2.05) is 0 Å². The van der Waals surface area contributed by atoms with Crippen LogP contribution in [0.5, 0.6) is 0 Å². The number of carbonyl (C=O) groups is 1. The molecule has 6 heteroatoms. The molecular weight excluding hydrogens is 301 g/mol. The maximum absolute atomic E-state index is 13.3. The Morgan fingerprint density at radius 2 is 2.22 bits per heavy atom. The van der Waals surface area contributed by atoms with Crippen molar-refractivity contribution < 1.29 is 9.18 Å². The average Bonchev–Trinajstić information content (AvgIpc) is 2.61. The Bertz CT molecular complexity index is 609. The van der Waals surface area contributed by atoms with E-state index < -0.39 is 5.82 Å². The lowest BCUT2D eigenvalue weighted by Gasteiger charge is -2.04. The fraction of sp³-hybridized carbons (Fsp3) is 0.167. The van der Waals surface area contributed by atoms with E-state index in [4.69, 9.17) is 0 Å². The van der Waals surface area contributed by atoms with Gasteiger partial charge >= 0.3 is 0 Å². The van der Waals surface area contributed by atoms with Crippen molar-refractivity contribution in [1.29, 1.82) is 0 Å². The van der Waals surface area contributed by atoms with Gasteiger partial charge in [0.2, 0.25) is 0 Å². The van der Waals surface area contributed by atoms with Gasteiger partial charge in [-0.05, 0) is 41.1 Å². The molecule has 18 heavy (non-hydrogen) atoms. The van der Waals surface area contributed by atoms with Gasteiger partial charge < -0.3 is 5.32 Å². The van der Waals surface area contributed by atoms with E-state index in [2.05, 4.69) is 26.3 Å². The summed E-state index contributed by atoms with van der Waals surface area (Å²) in [5, 5.41) is 6.80. The molecule has 2 rings (SSSR count). The van der Waals surface area contributed by atoms with Gasteiger partial charge in [-0.3, -0.25) is 9.48 Å². The maximum atomic E-state index is 13.3. The summed E-state index contributed by atoms with van der Waals surface area (Å²) in [4.78, 5) is 11.9. The molecule has 0 fully saturated rings. The normalized spacial score (nSPS) is 10.4. The molecule has 0 bridgehead atoms. The van der Waals surface area contributed by atoms with Gasteiger partial charge in [0.25, 0.3) is 5.91 Å². The Kier molecular flexibility index (Phi) is 3.47. The van der Waals surface area contributed by atoms with Crippen molar-refractivity contribution in [2.45, 2.75) is 6.92 Å². The minimum absolute atomic E-state index is 0.263. The molecule has 94 valence electrons. The summed E-state index contributed by atoms with van der Waals surface area (Å²) in [7, 11) is 1.77. The average molecular weight is 312 g/mol. The van der Waals surface area contributed by atoms with Crippen molar-refractivity contribution in [3.8, 4) is 0 Å². The lowest BCUT2D eigenvalue weighted by molar-refractivity contribution is 0.102. The van der Waals surface area contributed by atoms with E-state index in [0.717, 1.165) is 0 Å². The van der Waals surface area contributed by atoms with Gasteiger partial charge in [0.1, 0.15) is 5.82 Å². The van der Waals surface area contributed by atoms with Crippen molar-refractivity contribution in [2.75, 3.05) is 5.32 Å². The van der Waals surface area contributed by atoms with Crippen LogP contribution in [-0.4, -0.2) is 15.7 Å². The smallest absolute Gasteiger partial charge is 0.255 e. The van der Waals surface area contributed by atoms with Gasteiger partial charge in [0.15, 0.2) is 0 Å². The first-order chi connectivity index (χ1) is 8.47. The highest BCUT2D eigenvalue weighted by molar-refractivity contribution is 9.10. The van der Waals surface area contributed by atoms with Crippen molar-refractivity contribution in [3.05, 3.63) is 45.9 Å². The minimum Gasteiger partial charge on any atom is -0.319 e. The number of halogens is 2. The molecule has 1 aromatic heterocycles. The molecule has 0 aliphatic rings. The molecule has 0 unspecified atom stereocenters. The molecular formula is C12H11BrFN3O. The molecule has 0 aliphatic heterocycles. The maximum Gasteiger partial charge on any atom is 0.255 e. The predicted molar refractivity (Wildman–Crippen MR) is 70.0 cm³/mol. The molecule has 0 spiro atoms. The number of nitrogens with zero attached hydrogens (tertiary/aromatic N) is 2. The van der Waals surface area contributed by atoms with E-state index in [1.54, 1.807) is 30.9 Å². The van der Waals surface area contributed by atoms with Crippen LogP contribution in [0.2, 0.25) is 0 Å². The van der Waals surface area contributed by atoms with Gasteiger partial charge in [0, 0.05) is 18.8 Å². The van der Waals surface area contributed by atoms with E-state index >= 15 is 0 Å². The number of anilines is 1. The first kappa shape index (κ1) is 12.8. The topological polar surface area (TPSA) is 46.9 Å². The summed E-state index contributed by atoms with van der Waals surface area (Å²) in [5.74, 6) is -0.831.